The molecule has 0 bridgehead atoms. The monoisotopic (exact) mass is 248 g/mol. The highest BCUT2D eigenvalue weighted by atomic mass is 32.1. The predicted octanol–water partition coefficient (Wildman–Crippen LogP) is 1.98. The van der Waals surface area contributed by atoms with Crippen LogP contribution in [0.15, 0.2) is 35.0 Å². The minimum absolute atomic E-state index is 0.809. The summed E-state index contributed by atoms with van der Waals surface area (Å²) >= 11 is 1.53. The highest BCUT2D eigenvalue weighted by Crippen LogP contribution is 2.04. The molecule has 0 radical (unpaired) electrons. The van der Waals surface area contributed by atoms with Crippen LogP contribution in [0, 0.1) is 0 Å². The molecule has 0 fully saturated rings. The van der Waals surface area contributed by atoms with Crippen LogP contribution in [0.3, 0.4) is 0 Å². The van der Waals surface area contributed by atoms with E-state index in [-0.39, 0.29) is 0 Å². The molecule has 0 unspecified atom stereocenters. The number of unbranched alkanes of at least 4 members (excludes halogenated alkanes) is 1. The fraction of sp³-hybridized carbons (Fsp3) is 0.333. The molecule has 0 aromatic carbocycles. The maximum absolute atomic E-state index is 5.70. The van der Waals surface area contributed by atoms with Crippen LogP contribution in [-0.4, -0.2) is 16.5 Å². The molecule has 0 aliphatic heterocycles. The Morgan fingerprint density at radius 3 is 3.12 bits per heavy atom. The van der Waals surface area contributed by atoms with Gasteiger partial charge in [-0.05, 0) is 36.8 Å². The number of aromatic nitrogens is 2. The van der Waals surface area contributed by atoms with Gasteiger partial charge in [0.15, 0.2) is 0 Å². The summed E-state index contributed by atoms with van der Waals surface area (Å²) in [4.78, 5) is 11.6. The number of nitrogens with zero attached hydrogens (tertiary/aromatic N) is 2. The average Bonchev–Trinajstić information content (AvgIpc) is 2.82. The van der Waals surface area contributed by atoms with Crippen LogP contribution < -0.4 is 11.1 Å². The van der Waals surface area contributed by atoms with Gasteiger partial charge >= 0.3 is 0 Å². The summed E-state index contributed by atoms with van der Waals surface area (Å²) in [6.45, 7) is 0.849. The second kappa shape index (κ2) is 6.20. The molecule has 17 heavy (non-hydrogen) atoms. The number of aryl methyl sites for hydroxylation is 1. The van der Waals surface area contributed by atoms with Gasteiger partial charge in [0.25, 0.3) is 0 Å². The van der Waals surface area contributed by atoms with Gasteiger partial charge in [-0.3, -0.25) is 4.99 Å². The lowest BCUT2D eigenvalue weighted by Gasteiger charge is -1.96. The van der Waals surface area contributed by atoms with Crippen molar-refractivity contribution in [2.75, 3.05) is 12.3 Å². The lowest BCUT2D eigenvalue weighted by atomic mass is 10.2. The maximum atomic E-state index is 5.70. The first-order chi connectivity index (χ1) is 8.34. The lowest BCUT2D eigenvalue weighted by molar-refractivity contribution is 0.728. The molecule has 2 heterocycles. The summed E-state index contributed by atoms with van der Waals surface area (Å²) in [5, 5.41) is 3.75. The molecule has 0 aliphatic rings. The zero-order valence-electron chi connectivity index (χ0n) is 9.60. The van der Waals surface area contributed by atoms with Crippen LogP contribution in [0.4, 0.5) is 5.00 Å². The molecule has 3 N–H and O–H groups in total. The Labute approximate surface area is 104 Å². The summed E-state index contributed by atoms with van der Waals surface area (Å²) in [5.41, 5.74) is 6.89. The molecule has 2 aromatic rings. The Bertz CT molecular complexity index is 501. The highest BCUT2D eigenvalue weighted by molar-refractivity contribution is 7.13. The molecule has 0 atom stereocenters. The molecular weight excluding hydrogens is 232 g/mol. The van der Waals surface area contributed by atoms with Crippen LogP contribution in [0.25, 0.3) is 0 Å². The Morgan fingerprint density at radius 1 is 1.41 bits per heavy atom. The Kier molecular flexibility index (Phi) is 4.32. The fourth-order valence-electron chi connectivity index (χ4n) is 1.57. The lowest BCUT2D eigenvalue weighted by Crippen LogP contribution is -2.02. The number of nitrogens with one attached hydrogen (secondary N) is 1. The van der Waals surface area contributed by atoms with Crippen molar-refractivity contribution in [3.8, 4) is 0 Å². The number of hydrogen-bond donors (Lipinski definition) is 2. The number of H-pyrrole nitrogens is 1. The SMILES string of the molecule is Nc1cc(=NCCCCc2cnc[nH]2)ccs1. The number of hydrogen-bond acceptors (Lipinski definition) is 4. The number of nitrogen functional groups attached to an aromatic ring is 1. The van der Waals surface area contributed by atoms with Gasteiger partial charge in [0.05, 0.1) is 16.7 Å². The number of anilines is 1. The zero-order chi connectivity index (χ0) is 11.9. The van der Waals surface area contributed by atoms with Gasteiger partial charge in [-0.25, -0.2) is 4.98 Å². The first kappa shape index (κ1) is 11.9. The van der Waals surface area contributed by atoms with Crippen molar-refractivity contribution < 1.29 is 0 Å². The van der Waals surface area contributed by atoms with E-state index in [1.165, 1.54) is 17.0 Å². The van der Waals surface area contributed by atoms with Gasteiger partial charge in [0, 0.05) is 18.4 Å². The average molecular weight is 248 g/mol. The van der Waals surface area contributed by atoms with Gasteiger partial charge < -0.3 is 10.7 Å². The van der Waals surface area contributed by atoms with Crippen molar-refractivity contribution in [1.82, 2.24) is 9.97 Å². The minimum Gasteiger partial charge on any atom is -0.391 e. The smallest absolute Gasteiger partial charge is 0.0921 e. The molecular formula is C12H16N4S. The third-order valence-electron chi connectivity index (χ3n) is 2.44. The third kappa shape index (κ3) is 4.03. The molecule has 4 nitrogen and oxygen atoms in total. The van der Waals surface area contributed by atoms with Crippen molar-refractivity contribution in [2.24, 2.45) is 4.99 Å². The van der Waals surface area contributed by atoms with E-state index >= 15 is 0 Å². The number of nitrogens with two attached hydrogens (primary N) is 1. The van der Waals surface area contributed by atoms with Crippen molar-refractivity contribution in [1.29, 1.82) is 0 Å². The predicted molar refractivity (Wildman–Crippen MR) is 70.7 cm³/mol. The summed E-state index contributed by atoms with van der Waals surface area (Å²) in [6.07, 6.45) is 6.83. The number of aromatic amines is 1. The van der Waals surface area contributed by atoms with E-state index in [2.05, 4.69) is 15.0 Å². The first-order valence-corrected chi connectivity index (χ1v) is 6.54. The van der Waals surface area contributed by atoms with E-state index in [9.17, 15) is 0 Å². The Balaban J connectivity index is 1.74. The zero-order valence-corrected chi connectivity index (χ0v) is 10.4. The van der Waals surface area contributed by atoms with E-state index in [1.807, 2.05) is 23.7 Å². The van der Waals surface area contributed by atoms with Crippen molar-refractivity contribution in [2.45, 2.75) is 19.3 Å². The number of rotatable bonds is 5. The van der Waals surface area contributed by atoms with Crippen LogP contribution in [0.1, 0.15) is 18.5 Å². The molecule has 5 heteroatoms. The van der Waals surface area contributed by atoms with Crippen molar-refractivity contribution in [3.05, 3.63) is 41.1 Å². The summed E-state index contributed by atoms with van der Waals surface area (Å²) in [7, 11) is 0. The summed E-state index contributed by atoms with van der Waals surface area (Å²) < 4.78 is 0. The fourth-order valence-corrected chi connectivity index (χ4v) is 2.12. The van der Waals surface area contributed by atoms with E-state index in [4.69, 9.17) is 5.73 Å². The normalized spacial score (nSPS) is 11.9. The van der Waals surface area contributed by atoms with Gasteiger partial charge in [-0.1, -0.05) is 0 Å². The molecule has 0 spiro atoms. The van der Waals surface area contributed by atoms with E-state index in [0.717, 1.165) is 36.2 Å². The Hall–Kier alpha value is -1.62. The molecule has 2 aromatic heterocycles. The van der Waals surface area contributed by atoms with Crippen molar-refractivity contribution in [3.63, 3.8) is 0 Å². The summed E-state index contributed by atoms with van der Waals surface area (Å²) in [5.74, 6) is 0. The van der Waals surface area contributed by atoms with Crippen LogP contribution >= 0.6 is 11.3 Å². The number of imidazole rings is 1. The van der Waals surface area contributed by atoms with Crippen LogP contribution in [0.5, 0.6) is 0 Å². The molecule has 0 saturated heterocycles. The van der Waals surface area contributed by atoms with E-state index in [0.29, 0.717) is 0 Å². The van der Waals surface area contributed by atoms with Gasteiger partial charge in [-0.2, -0.15) is 0 Å². The van der Waals surface area contributed by atoms with E-state index in [1.54, 1.807) is 6.33 Å². The van der Waals surface area contributed by atoms with Gasteiger partial charge in [-0.15, -0.1) is 11.3 Å². The first-order valence-electron chi connectivity index (χ1n) is 5.66. The molecule has 0 saturated carbocycles. The third-order valence-corrected chi connectivity index (χ3v) is 3.10. The Morgan fingerprint density at radius 2 is 2.35 bits per heavy atom. The van der Waals surface area contributed by atoms with Crippen LogP contribution in [-0.2, 0) is 6.42 Å². The standard InChI is InChI=1S/C12H16N4S/c13-12-7-10(4-6-17-12)15-5-2-1-3-11-8-14-9-16-11/h4,6-9H,1-3,5,13H2,(H,14,16). The maximum Gasteiger partial charge on any atom is 0.0921 e. The van der Waals surface area contributed by atoms with E-state index < -0.39 is 0 Å². The summed E-state index contributed by atoms with van der Waals surface area (Å²) in [6, 6.07) is 3.91. The highest BCUT2D eigenvalue weighted by Gasteiger charge is 1.93. The second-order valence-corrected chi connectivity index (χ2v) is 4.79. The minimum atomic E-state index is 0.809. The molecule has 0 amide bonds. The topological polar surface area (TPSA) is 67.1 Å². The largest absolute Gasteiger partial charge is 0.391 e. The molecule has 0 aliphatic carbocycles. The quantitative estimate of drug-likeness (QED) is 0.794. The second-order valence-electron chi connectivity index (χ2n) is 3.81. The van der Waals surface area contributed by atoms with Gasteiger partial charge in [0.1, 0.15) is 0 Å². The van der Waals surface area contributed by atoms with Crippen LogP contribution in [0.2, 0.25) is 0 Å². The molecule has 2 rings (SSSR count). The molecule has 90 valence electrons. The van der Waals surface area contributed by atoms with Crippen molar-refractivity contribution >= 4 is 16.3 Å². The van der Waals surface area contributed by atoms with Gasteiger partial charge in [0.2, 0.25) is 0 Å².